The molecule has 1 aliphatic heterocycles. The van der Waals surface area contributed by atoms with Gasteiger partial charge in [-0.1, -0.05) is 25.1 Å². The van der Waals surface area contributed by atoms with Crippen LogP contribution in [0.25, 0.3) is 0 Å². The van der Waals surface area contributed by atoms with Crippen LogP contribution in [-0.4, -0.2) is 28.5 Å². The molecule has 1 saturated heterocycles. The third-order valence-electron chi connectivity index (χ3n) is 4.83. The van der Waals surface area contributed by atoms with E-state index in [1.807, 2.05) is 6.92 Å². The minimum atomic E-state index is -0.327. The Labute approximate surface area is 153 Å². The lowest BCUT2D eigenvalue weighted by Gasteiger charge is -2.35. The molecule has 0 saturated carbocycles. The molecule has 0 aliphatic carbocycles. The van der Waals surface area contributed by atoms with Crippen LogP contribution in [0.1, 0.15) is 54.4 Å². The largest absolute Gasteiger partial charge is 0.347 e. The highest BCUT2D eigenvalue weighted by molar-refractivity contribution is 5.92. The Balaban J connectivity index is 1.76. The summed E-state index contributed by atoms with van der Waals surface area (Å²) in [5, 5.41) is 2.75. The zero-order chi connectivity index (χ0) is 18.5. The lowest BCUT2D eigenvalue weighted by molar-refractivity contribution is 0.0945. The van der Waals surface area contributed by atoms with Crippen LogP contribution in [0.15, 0.2) is 30.3 Å². The van der Waals surface area contributed by atoms with Gasteiger partial charge in [0.25, 0.3) is 5.91 Å². The number of aryl methyl sites for hydroxylation is 1. The van der Waals surface area contributed by atoms with Gasteiger partial charge in [-0.05, 0) is 44.7 Å². The molecule has 1 fully saturated rings. The number of rotatable bonds is 5. The minimum Gasteiger partial charge on any atom is -0.347 e. The maximum Gasteiger partial charge on any atom is 0.270 e. The predicted octanol–water partition coefficient (Wildman–Crippen LogP) is 3.62. The van der Waals surface area contributed by atoms with Gasteiger partial charge >= 0.3 is 0 Å². The van der Waals surface area contributed by atoms with Gasteiger partial charge in [0.15, 0.2) is 0 Å². The Morgan fingerprint density at radius 2 is 2.12 bits per heavy atom. The average molecular weight is 356 g/mol. The van der Waals surface area contributed by atoms with E-state index >= 15 is 0 Å². The van der Waals surface area contributed by atoms with Gasteiger partial charge in [-0.2, -0.15) is 0 Å². The number of amides is 1. The first kappa shape index (κ1) is 18.3. The van der Waals surface area contributed by atoms with E-state index in [0.717, 1.165) is 31.5 Å². The summed E-state index contributed by atoms with van der Waals surface area (Å²) < 4.78 is 13.7. The van der Waals surface area contributed by atoms with Crippen LogP contribution in [0, 0.1) is 12.7 Å². The minimum absolute atomic E-state index is 0.130. The van der Waals surface area contributed by atoms with Crippen LogP contribution < -0.4 is 10.2 Å². The molecule has 0 radical (unpaired) electrons. The molecule has 1 aliphatic rings. The highest BCUT2D eigenvalue weighted by Gasteiger charge is 2.24. The lowest BCUT2D eigenvalue weighted by Crippen LogP contribution is -2.40. The highest BCUT2D eigenvalue weighted by atomic mass is 19.1. The van der Waals surface area contributed by atoms with Crippen molar-refractivity contribution in [1.82, 2.24) is 15.3 Å². The van der Waals surface area contributed by atoms with Gasteiger partial charge in [-0.25, -0.2) is 14.4 Å². The molecule has 6 heteroatoms. The van der Waals surface area contributed by atoms with Gasteiger partial charge in [0, 0.05) is 30.4 Å². The number of carbonyl (C=O) groups excluding carboxylic acids is 1. The summed E-state index contributed by atoms with van der Waals surface area (Å²) in [5.74, 6) is -0.0240. The predicted molar refractivity (Wildman–Crippen MR) is 99.6 cm³/mol. The maximum absolute atomic E-state index is 13.7. The van der Waals surface area contributed by atoms with Crippen molar-refractivity contribution in [3.8, 4) is 0 Å². The van der Waals surface area contributed by atoms with Crippen molar-refractivity contribution in [3.63, 3.8) is 0 Å². The van der Waals surface area contributed by atoms with Crippen molar-refractivity contribution in [1.29, 1.82) is 0 Å². The van der Waals surface area contributed by atoms with E-state index in [1.165, 1.54) is 12.5 Å². The van der Waals surface area contributed by atoms with E-state index < -0.39 is 0 Å². The molecule has 2 heterocycles. The first-order valence-electron chi connectivity index (χ1n) is 9.22. The fourth-order valence-corrected chi connectivity index (χ4v) is 3.39. The van der Waals surface area contributed by atoms with E-state index in [9.17, 15) is 9.18 Å². The summed E-state index contributed by atoms with van der Waals surface area (Å²) in [6.07, 6.45) is 4.49. The van der Waals surface area contributed by atoms with Crippen LogP contribution in [0.5, 0.6) is 0 Å². The summed E-state index contributed by atoms with van der Waals surface area (Å²) in [6, 6.07) is 8.51. The molecule has 26 heavy (non-hydrogen) atoms. The summed E-state index contributed by atoms with van der Waals surface area (Å²) in [6.45, 7) is 5.08. The molecular weight excluding hydrogens is 331 g/mol. The molecule has 1 aromatic heterocycles. The average Bonchev–Trinajstić information content (AvgIpc) is 2.66. The van der Waals surface area contributed by atoms with Gasteiger partial charge in [0.1, 0.15) is 11.5 Å². The second-order valence-corrected chi connectivity index (χ2v) is 6.72. The number of piperidine rings is 1. The third-order valence-corrected chi connectivity index (χ3v) is 4.83. The van der Waals surface area contributed by atoms with Crippen molar-refractivity contribution in [2.45, 2.75) is 52.1 Å². The fourth-order valence-electron chi connectivity index (χ4n) is 3.39. The molecule has 2 aromatic rings. The number of carbonyl (C=O) groups is 1. The molecule has 0 spiro atoms. The van der Waals surface area contributed by atoms with Gasteiger partial charge in [-0.3, -0.25) is 4.79 Å². The van der Waals surface area contributed by atoms with Crippen LogP contribution in [0.2, 0.25) is 0 Å². The topological polar surface area (TPSA) is 58.1 Å². The molecule has 1 amide bonds. The SMILES string of the molecule is CCC1CCCCN1c1nc(C)cc(C(=O)NCc2ccccc2F)n1. The molecule has 1 unspecified atom stereocenters. The van der Waals surface area contributed by atoms with E-state index in [1.54, 1.807) is 24.3 Å². The lowest BCUT2D eigenvalue weighted by atomic mass is 10.0. The van der Waals surface area contributed by atoms with Crippen molar-refractivity contribution in [2.24, 2.45) is 0 Å². The van der Waals surface area contributed by atoms with Crippen LogP contribution in [0.4, 0.5) is 10.3 Å². The van der Waals surface area contributed by atoms with Gasteiger partial charge in [0.2, 0.25) is 5.95 Å². The van der Waals surface area contributed by atoms with Crippen LogP contribution in [-0.2, 0) is 6.54 Å². The van der Waals surface area contributed by atoms with Gasteiger partial charge in [0.05, 0.1) is 0 Å². The molecule has 1 aromatic carbocycles. The number of aromatic nitrogens is 2. The van der Waals surface area contributed by atoms with Crippen molar-refractivity contribution < 1.29 is 9.18 Å². The van der Waals surface area contributed by atoms with Gasteiger partial charge < -0.3 is 10.2 Å². The van der Waals surface area contributed by atoms with E-state index in [0.29, 0.717) is 23.2 Å². The normalized spacial score (nSPS) is 17.2. The Kier molecular flexibility index (Phi) is 5.81. The number of nitrogens with zero attached hydrogens (tertiary/aromatic N) is 3. The molecule has 3 rings (SSSR count). The van der Waals surface area contributed by atoms with Crippen LogP contribution in [0.3, 0.4) is 0 Å². The highest BCUT2D eigenvalue weighted by Crippen LogP contribution is 2.24. The number of nitrogens with one attached hydrogen (secondary N) is 1. The number of hydrogen-bond acceptors (Lipinski definition) is 4. The van der Waals surface area contributed by atoms with Crippen LogP contribution >= 0.6 is 0 Å². The quantitative estimate of drug-likeness (QED) is 0.889. The maximum atomic E-state index is 13.7. The van der Waals surface area contributed by atoms with Crippen molar-refractivity contribution in [2.75, 3.05) is 11.4 Å². The second kappa shape index (κ2) is 8.25. The Bertz CT molecular complexity index is 780. The van der Waals surface area contributed by atoms with Crippen molar-refractivity contribution >= 4 is 11.9 Å². The molecule has 1 N–H and O–H groups in total. The smallest absolute Gasteiger partial charge is 0.270 e. The number of anilines is 1. The number of hydrogen-bond donors (Lipinski definition) is 1. The Morgan fingerprint density at radius 3 is 2.88 bits per heavy atom. The summed E-state index contributed by atoms with van der Waals surface area (Å²) in [5.41, 5.74) is 1.53. The van der Waals surface area contributed by atoms with E-state index in [4.69, 9.17) is 0 Å². The Morgan fingerprint density at radius 1 is 1.31 bits per heavy atom. The number of halogens is 1. The summed E-state index contributed by atoms with van der Waals surface area (Å²) in [4.78, 5) is 23.8. The zero-order valence-corrected chi connectivity index (χ0v) is 15.3. The van der Waals surface area contributed by atoms with E-state index in [2.05, 4.69) is 27.1 Å². The number of benzene rings is 1. The zero-order valence-electron chi connectivity index (χ0n) is 15.3. The molecular formula is C20H25FN4O. The fraction of sp³-hybridized carbons (Fsp3) is 0.450. The summed E-state index contributed by atoms with van der Waals surface area (Å²) in [7, 11) is 0. The van der Waals surface area contributed by atoms with Crippen molar-refractivity contribution in [3.05, 3.63) is 53.1 Å². The standard InChI is InChI=1S/C20H25FN4O/c1-3-16-9-6-7-11-25(16)20-23-14(2)12-18(24-20)19(26)22-13-15-8-4-5-10-17(15)21/h4-5,8,10,12,16H,3,6-7,9,11,13H2,1-2H3,(H,22,26). The first-order chi connectivity index (χ1) is 12.6. The first-order valence-corrected chi connectivity index (χ1v) is 9.22. The molecule has 1 atom stereocenters. The molecule has 0 bridgehead atoms. The Hall–Kier alpha value is -2.50. The monoisotopic (exact) mass is 356 g/mol. The third kappa shape index (κ3) is 4.18. The van der Waals surface area contributed by atoms with E-state index in [-0.39, 0.29) is 18.3 Å². The molecule has 5 nitrogen and oxygen atoms in total. The molecule has 138 valence electrons. The van der Waals surface area contributed by atoms with Gasteiger partial charge in [-0.15, -0.1) is 0 Å². The summed E-state index contributed by atoms with van der Waals surface area (Å²) >= 11 is 0. The second-order valence-electron chi connectivity index (χ2n) is 6.72.